The number of hydrogen-bond acceptors (Lipinski definition) is 3. The zero-order valence-electron chi connectivity index (χ0n) is 11.8. The molecule has 0 aliphatic rings. The lowest BCUT2D eigenvalue weighted by Crippen LogP contribution is -2.35. The minimum absolute atomic E-state index is 0.216. The van der Waals surface area contributed by atoms with E-state index in [0.717, 1.165) is 19.5 Å². The van der Waals surface area contributed by atoms with Crippen molar-refractivity contribution in [1.82, 2.24) is 10.2 Å². The van der Waals surface area contributed by atoms with Gasteiger partial charge in [0.15, 0.2) is 0 Å². The molecular weight excluding hydrogens is 224 g/mol. The van der Waals surface area contributed by atoms with Gasteiger partial charge in [-0.05, 0) is 32.5 Å². The van der Waals surface area contributed by atoms with Crippen molar-refractivity contribution in [2.24, 2.45) is 0 Å². The Kier molecular flexibility index (Phi) is 6.94. The quantitative estimate of drug-likeness (QED) is 0.741. The predicted octanol–water partition coefficient (Wildman–Crippen LogP) is 2.04. The van der Waals surface area contributed by atoms with Crippen molar-refractivity contribution in [2.45, 2.75) is 32.4 Å². The lowest BCUT2D eigenvalue weighted by Gasteiger charge is -2.26. The van der Waals surface area contributed by atoms with Crippen LogP contribution in [-0.4, -0.2) is 42.8 Å². The Morgan fingerprint density at radius 2 is 1.94 bits per heavy atom. The number of rotatable bonds is 8. The van der Waals surface area contributed by atoms with Crippen molar-refractivity contribution in [3.8, 4) is 0 Å². The molecular formula is C15H26N2O. The standard InChI is InChI=1S/C15H26N2O/c1-4-16-15(14-8-6-5-7-9-14)10-11-17(3)13(2)12-18/h5-9,13,15-16,18H,4,10-12H2,1-3H3. The second-order valence-corrected chi connectivity index (χ2v) is 4.82. The molecule has 1 aromatic rings. The van der Waals surface area contributed by atoms with Gasteiger partial charge in [0, 0.05) is 18.6 Å². The molecule has 0 heterocycles. The first-order valence-electron chi connectivity index (χ1n) is 6.78. The Hall–Kier alpha value is -0.900. The molecule has 1 aromatic carbocycles. The van der Waals surface area contributed by atoms with Crippen molar-refractivity contribution in [3.05, 3.63) is 35.9 Å². The van der Waals surface area contributed by atoms with Gasteiger partial charge in [-0.1, -0.05) is 37.3 Å². The van der Waals surface area contributed by atoms with E-state index in [4.69, 9.17) is 5.11 Å². The summed E-state index contributed by atoms with van der Waals surface area (Å²) in [7, 11) is 2.06. The summed E-state index contributed by atoms with van der Waals surface area (Å²) in [5.74, 6) is 0. The topological polar surface area (TPSA) is 35.5 Å². The molecule has 0 aromatic heterocycles. The van der Waals surface area contributed by atoms with E-state index in [0.29, 0.717) is 6.04 Å². The maximum Gasteiger partial charge on any atom is 0.0584 e. The zero-order valence-corrected chi connectivity index (χ0v) is 11.8. The van der Waals surface area contributed by atoms with Crippen molar-refractivity contribution >= 4 is 0 Å². The number of nitrogens with zero attached hydrogens (tertiary/aromatic N) is 1. The van der Waals surface area contributed by atoms with Crippen LogP contribution in [0.15, 0.2) is 30.3 Å². The summed E-state index contributed by atoms with van der Waals surface area (Å²) < 4.78 is 0. The Labute approximate surface area is 111 Å². The maximum absolute atomic E-state index is 9.13. The predicted molar refractivity (Wildman–Crippen MR) is 76.7 cm³/mol. The van der Waals surface area contributed by atoms with E-state index in [9.17, 15) is 0 Å². The number of likely N-dealkylation sites (N-methyl/N-ethyl adjacent to an activating group) is 1. The van der Waals surface area contributed by atoms with Crippen LogP contribution in [-0.2, 0) is 0 Å². The summed E-state index contributed by atoms with van der Waals surface area (Å²) >= 11 is 0. The maximum atomic E-state index is 9.13. The summed E-state index contributed by atoms with van der Waals surface area (Å²) in [4.78, 5) is 2.20. The molecule has 0 saturated carbocycles. The summed E-state index contributed by atoms with van der Waals surface area (Å²) in [6, 6.07) is 11.2. The lowest BCUT2D eigenvalue weighted by atomic mass is 10.0. The number of benzene rings is 1. The fraction of sp³-hybridized carbons (Fsp3) is 0.600. The summed E-state index contributed by atoms with van der Waals surface area (Å²) in [6.45, 7) is 6.35. The van der Waals surface area contributed by atoms with Gasteiger partial charge in [-0.2, -0.15) is 0 Å². The Balaban J connectivity index is 2.54. The molecule has 0 aliphatic heterocycles. The fourth-order valence-electron chi connectivity index (χ4n) is 2.01. The molecule has 2 N–H and O–H groups in total. The Morgan fingerprint density at radius 1 is 1.28 bits per heavy atom. The van der Waals surface area contributed by atoms with Crippen LogP contribution in [0.2, 0.25) is 0 Å². The van der Waals surface area contributed by atoms with Gasteiger partial charge in [-0.3, -0.25) is 0 Å². The molecule has 0 saturated heterocycles. The molecule has 3 nitrogen and oxygen atoms in total. The van der Waals surface area contributed by atoms with Gasteiger partial charge >= 0.3 is 0 Å². The minimum Gasteiger partial charge on any atom is -0.395 e. The highest BCUT2D eigenvalue weighted by atomic mass is 16.3. The average Bonchev–Trinajstić information content (AvgIpc) is 2.43. The molecule has 0 aliphatic carbocycles. The Morgan fingerprint density at radius 3 is 2.50 bits per heavy atom. The van der Waals surface area contributed by atoms with Gasteiger partial charge in [0.05, 0.1) is 6.61 Å². The van der Waals surface area contributed by atoms with Crippen LogP contribution >= 0.6 is 0 Å². The van der Waals surface area contributed by atoms with Gasteiger partial charge in [0.25, 0.3) is 0 Å². The molecule has 0 radical (unpaired) electrons. The van der Waals surface area contributed by atoms with E-state index in [2.05, 4.69) is 48.5 Å². The highest BCUT2D eigenvalue weighted by Gasteiger charge is 2.13. The van der Waals surface area contributed by atoms with E-state index >= 15 is 0 Å². The molecule has 102 valence electrons. The smallest absolute Gasteiger partial charge is 0.0584 e. The SMILES string of the molecule is CCNC(CCN(C)C(C)CO)c1ccccc1. The number of aliphatic hydroxyl groups excluding tert-OH is 1. The van der Waals surface area contributed by atoms with E-state index in [1.54, 1.807) is 0 Å². The largest absolute Gasteiger partial charge is 0.395 e. The second kappa shape index (κ2) is 8.25. The molecule has 0 fully saturated rings. The van der Waals surface area contributed by atoms with Crippen LogP contribution < -0.4 is 5.32 Å². The van der Waals surface area contributed by atoms with Crippen molar-refractivity contribution < 1.29 is 5.11 Å². The molecule has 18 heavy (non-hydrogen) atoms. The first-order valence-corrected chi connectivity index (χ1v) is 6.78. The highest BCUT2D eigenvalue weighted by molar-refractivity contribution is 5.18. The number of hydrogen-bond donors (Lipinski definition) is 2. The molecule has 2 atom stereocenters. The van der Waals surface area contributed by atoms with Crippen molar-refractivity contribution in [1.29, 1.82) is 0 Å². The van der Waals surface area contributed by atoms with E-state index in [-0.39, 0.29) is 12.6 Å². The molecule has 3 heteroatoms. The zero-order chi connectivity index (χ0) is 13.4. The normalized spacial score (nSPS) is 14.7. The highest BCUT2D eigenvalue weighted by Crippen LogP contribution is 2.16. The van der Waals surface area contributed by atoms with E-state index in [1.807, 2.05) is 13.0 Å². The minimum atomic E-state index is 0.216. The van der Waals surface area contributed by atoms with Gasteiger partial charge < -0.3 is 15.3 Å². The van der Waals surface area contributed by atoms with Gasteiger partial charge in [0.2, 0.25) is 0 Å². The van der Waals surface area contributed by atoms with Crippen LogP contribution in [0.3, 0.4) is 0 Å². The lowest BCUT2D eigenvalue weighted by molar-refractivity contribution is 0.154. The van der Waals surface area contributed by atoms with E-state index in [1.165, 1.54) is 5.56 Å². The third-order valence-corrected chi connectivity index (χ3v) is 3.44. The molecule has 0 spiro atoms. The van der Waals surface area contributed by atoms with Gasteiger partial charge in [-0.25, -0.2) is 0 Å². The van der Waals surface area contributed by atoms with E-state index < -0.39 is 0 Å². The molecule has 0 bridgehead atoms. The van der Waals surface area contributed by atoms with Crippen LogP contribution in [0.25, 0.3) is 0 Å². The summed E-state index contributed by atoms with van der Waals surface area (Å²) in [6.07, 6.45) is 1.05. The monoisotopic (exact) mass is 250 g/mol. The fourth-order valence-corrected chi connectivity index (χ4v) is 2.01. The average molecular weight is 250 g/mol. The first kappa shape index (κ1) is 15.2. The third-order valence-electron chi connectivity index (χ3n) is 3.44. The summed E-state index contributed by atoms with van der Waals surface area (Å²) in [5.41, 5.74) is 1.34. The van der Waals surface area contributed by atoms with Crippen LogP contribution in [0, 0.1) is 0 Å². The van der Waals surface area contributed by atoms with Crippen molar-refractivity contribution in [2.75, 3.05) is 26.7 Å². The van der Waals surface area contributed by atoms with Crippen molar-refractivity contribution in [3.63, 3.8) is 0 Å². The molecule has 1 rings (SSSR count). The second-order valence-electron chi connectivity index (χ2n) is 4.82. The number of nitrogens with one attached hydrogen (secondary N) is 1. The van der Waals surface area contributed by atoms with Crippen LogP contribution in [0.1, 0.15) is 31.9 Å². The number of aliphatic hydroxyl groups is 1. The van der Waals surface area contributed by atoms with Gasteiger partial charge in [-0.15, -0.1) is 0 Å². The Bertz CT molecular complexity index is 316. The third kappa shape index (κ3) is 4.77. The summed E-state index contributed by atoms with van der Waals surface area (Å²) in [5, 5.41) is 12.7. The van der Waals surface area contributed by atoms with Crippen LogP contribution in [0.4, 0.5) is 0 Å². The van der Waals surface area contributed by atoms with Crippen LogP contribution in [0.5, 0.6) is 0 Å². The molecule has 2 unspecified atom stereocenters. The molecule has 0 amide bonds. The van der Waals surface area contributed by atoms with Gasteiger partial charge in [0.1, 0.15) is 0 Å². The first-order chi connectivity index (χ1) is 8.69.